The van der Waals surface area contributed by atoms with Gasteiger partial charge < -0.3 is 10.2 Å². The number of anilines is 1. The van der Waals surface area contributed by atoms with E-state index in [9.17, 15) is 9.59 Å². The Bertz CT molecular complexity index is 515. The number of rotatable bonds is 7. The number of nitrogens with zero attached hydrogens (tertiary/aromatic N) is 1. The average Bonchev–Trinajstić information content (AvgIpc) is 2.47. The molecule has 1 aromatic rings. The molecule has 23 heavy (non-hydrogen) atoms. The molecule has 0 aliphatic rings. The lowest BCUT2D eigenvalue weighted by Gasteiger charge is -2.23. The van der Waals surface area contributed by atoms with Crippen LogP contribution < -0.4 is 10.2 Å². The van der Waals surface area contributed by atoms with Crippen LogP contribution in [0.25, 0.3) is 0 Å². The summed E-state index contributed by atoms with van der Waals surface area (Å²) < 4.78 is 0. The predicted molar refractivity (Wildman–Crippen MR) is 95.7 cm³/mol. The van der Waals surface area contributed by atoms with Crippen molar-refractivity contribution in [2.75, 3.05) is 18.0 Å². The Hall–Kier alpha value is -1.84. The SMILES string of the molecule is CCCCNC(=O)CCN(C(C)=O)c1ccc(C(C)(C)C)cc1. The van der Waals surface area contributed by atoms with Gasteiger partial charge in [-0.25, -0.2) is 0 Å². The summed E-state index contributed by atoms with van der Waals surface area (Å²) in [6.07, 6.45) is 2.36. The number of hydrogen-bond acceptors (Lipinski definition) is 2. The van der Waals surface area contributed by atoms with E-state index in [2.05, 4.69) is 33.0 Å². The van der Waals surface area contributed by atoms with Gasteiger partial charge in [0.2, 0.25) is 11.8 Å². The summed E-state index contributed by atoms with van der Waals surface area (Å²) in [7, 11) is 0. The van der Waals surface area contributed by atoms with Crippen LogP contribution in [0.1, 0.15) is 59.4 Å². The predicted octanol–water partition coefficient (Wildman–Crippen LogP) is 3.64. The Kier molecular flexibility index (Phi) is 7.27. The first-order valence-corrected chi connectivity index (χ1v) is 8.41. The van der Waals surface area contributed by atoms with Crippen molar-refractivity contribution < 1.29 is 9.59 Å². The summed E-state index contributed by atoms with van der Waals surface area (Å²) in [5.41, 5.74) is 2.15. The minimum absolute atomic E-state index is 0.00369. The van der Waals surface area contributed by atoms with Gasteiger partial charge in [0, 0.05) is 32.1 Å². The Balaban J connectivity index is 2.68. The van der Waals surface area contributed by atoms with E-state index in [1.165, 1.54) is 12.5 Å². The summed E-state index contributed by atoms with van der Waals surface area (Å²) in [4.78, 5) is 25.4. The molecule has 1 N–H and O–H groups in total. The monoisotopic (exact) mass is 318 g/mol. The lowest BCUT2D eigenvalue weighted by atomic mass is 9.87. The molecular formula is C19H30N2O2. The first-order valence-electron chi connectivity index (χ1n) is 8.41. The number of unbranched alkanes of at least 4 members (excludes halogenated alkanes) is 1. The first-order chi connectivity index (χ1) is 10.8. The summed E-state index contributed by atoms with van der Waals surface area (Å²) in [6, 6.07) is 8.01. The number of carbonyl (C=O) groups is 2. The van der Waals surface area contributed by atoms with Gasteiger partial charge >= 0.3 is 0 Å². The zero-order chi connectivity index (χ0) is 17.5. The highest BCUT2D eigenvalue weighted by Crippen LogP contribution is 2.25. The fraction of sp³-hybridized carbons (Fsp3) is 0.579. The van der Waals surface area contributed by atoms with Gasteiger partial charge in [-0.3, -0.25) is 9.59 Å². The first kappa shape index (κ1) is 19.2. The number of amides is 2. The molecule has 0 saturated carbocycles. The van der Waals surface area contributed by atoms with Crippen LogP contribution in [0, 0.1) is 0 Å². The molecule has 4 nitrogen and oxygen atoms in total. The molecule has 0 unspecified atom stereocenters. The molecule has 0 spiro atoms. The van der Waals surface area contributed by atoms with E-state index in [1.54, 1.807) is 4.90 Å². The van der Waals surface area contributed by atoms with E-state index in [-0.39, 0.29) is 17.2 Å². The molecule has 2 amide bonds. The molecule has 0 atom stereocenters. The fourth-order valence-corrected chi connectivity index (χ4v) is 2.32. The van der Waals surface area contributed by atoms with Crippen LogP contribution in [0.3, 0.4) is 0 Å². The van der Waals surface area contributed by atoms with E-state index >= 15 is 0 Å². The quantitative estimate of drug-likeness (QED) is 0.780. The highest BCUT2D eigenvalue weighted by atomic mass is 16.2. The average molecular weight is 318 g/mol. The summed E-state index contributed by atoms with van der Waals surface area (Å²) in [6.45, 7) is 11.2. The van der Waals surface area contributed by atoms with Crippen molar-refractivity contribution in [1.29, 1.82) is 0 Å². The molecule has 0 radical (unpaired) electrons. The summed E-state index contributed by atoms with van der Waals surface area (Å²) in [5.74, 6) is -0.0501. The minimum Gasteiger partial charge on any atom is -0.356 e. The van der Waals surface area contributed by atoms with Gasteiger partial charge in [0.1, 0.15) is 0 Å². The third kappa shape index (κ3) is 6.43. The van der Waals surface area contributed by atoms with Gasteiger partial charge in [0.15, 0.2) is 0 Å². The number of hydrogen-bond donors (Lipinski definition) is 1. The van der Waals surface area contributed by atoms with Gasteiger partial charge in [-0.05, 0) is 29.5 Å². The molecule has 0 heterocycles. The van der Waals surface area contributed by atoms with Crippen molar-refractivity contribution in [3.05, 3.63) is 29.8 Å². The molecule has 128 valence electrons. The van der Waals surface area contributed by atoms with E-state index in [4.69, 9.17) is 0 Å². The van der Waals surface area contributed by atoms with Crippen molar-refractivity contribution in [3.8, 4) is 0 Å². The number of nitrogens with one attached hydrogen (secondary N) is 1. The topological polar surface area (TPSA) is 49.4 Å². The van der Waals surface area contributed by atoms with Crippen molar-refractivity contribution >= 4 is 17.5 Å². The normalized spacial score (nSPS) is 11.2. The van der Waals surface area contributed by atoms with Gasteiger partial charge in [0.05, 0.1) is 0 Å². The van der Waals surface area contributed by atoms with Crippen LogP contribution in [-0.2, 0) is 15.0 Å². The van der Waals surface area contributed by atoms with Crippen molar-refractivity contribution in [2.45, 2.75) is 59.3 Å². The van der Waals surface area contributed by atoms with Crippen LogP contribution in [0.4, 0.5) is 5.69 Å². The second-order valence-corrected chi connectivity index (χ2v) is 6.92. The Morgan fingerprint density at radius 3 is 2.22 bits per heavy atom. The molecular weight excluding hydrogens is 288 g/mol. The Labute approximate surface area is 140 Å². The maximum Gasteiger partial charge on any atom is 0.223 e. The number of benzene rings is 1. The fourth-order valence-electron chi connectivity index (χ4n) is 2.32. The maximum atomic E-state index is 11.9. The van der Waals surface area contributed by atoms with Crippen molar-refractivity contribution in [2.24, 2.45) is 0 Å². The zero-order valence-electron chi connectivity index (χ0n) is 15.1. The molecule has 4 heteroatoms. The second kappa shape index (κ2) is 8.70. The van der Waals surface area contributed by atoms with Crippen LogP contribution in [0.15, 0.2) is 24.3 Å². The van der Waals surface area contributed by atoms with E-state index in [0.717, 1.165) is 18.5 Å². The molecule has 1 aromatic carbocycles. The summed E-state index contributed by atoms with van der Waals surface area (Å²) in [5, 5.41) is 2.88. The van der Waals surface area contributed by atoms with Crippen molar-refractivity contribution in [1.82, 2.24) is 5.32 Å². The number of carbonyl (C=O) groups excluding carboxylic acids is 2. The van der Waals surface area contributed by atoms with Gasteiger partial charge in [-0.2, -0.15) is 0 Å². The zero-order valence-corrected chi connectivity index (χ0v) is 15.1. The lowest BCUT2D eigenvalue weighted by Crippen LogP contribution is -2.34. The van der Waals surface area contributed by atoms with Crippen LogP contribution in [-0.4, -0.2) is 24.9 Å². The van der Waals surface area contributed by atoms with E-state index < -0.39 is 0 Å². The molecule has 0 fully saturated rings. The van der Waals surface area contributed by atoms with Gasteiger partial charge in [-0.15, -0.1) is 0 Å². The van der Waals surface area contributed by atoms with Crippen LogP contribution in [0.5, 0.6) is 0 Å². The van der Waals surface area contributed by atoms with Gasteiger partial charge in [0.25, 0.3) is 0 Å². The third-order valence-electron chi connectivity index (χ3n) is 3.84. The third-order valence-corrected chi connectivity index (χ3v) is 3.84. The molecule has 0 aliphatic heterocycles. The minimum atomic E-state index is -0.0464. The van der Waals surface area contributed by atoms with Crippen molar-refractivity contribution in [3.63, 3.8) is 0 Å². The standard InChI is InChI=1S/C19H30N2O2/c1-6-7-13-20-18(23)12-14-21(15(2)22)17-10-8-16(9-11-17)19(3,4)5/h8-11H,6-7,12-14H2,1-5H3,(H,20,23). The smallest absolute Gasteiger partial charge is 0.223 e. The van der Waals surface area contributed by atoms with E-state index in [0.29, 0.717) is 19.5 Å². The molecule has 0 saturated heterocycles. The second-order valence-electron chi connectivity index (χ2n) is 6.92. The summed E-state index contributed by atoms with van der Waals surface area (Å²) >= 11 is 0. The van der Waals surface area contributed by atoms with Gasteiger partial charge in [-0.1, -0.05) is 46.2 Å². The van der Waals surface area contributed by atoms with Crippen LogP contribution >= 0.6 is 0 Å². The lowest BCUT2D eigenvalue weighted by molar-refractivity contribution is -0.121. The molecule has 1 rings (SSSR count). The molecule has 0 aliphatic carbocycles. The highest BCUT2D eigenvalue weighted by molar-refractivity contribution is 5.92. The molecule has 0 aromatic heterocycles. The Morgan fingerprint density at radius 1 is 1.13 bits per heavy atom. The molecule has 0 bridgehead atoms. The van der Waals surface area contributed by atoms with Crippen LogP contribution in [0.2, 0.25) is 0 Å². The maximum absolute atomic E-state index is 11.9. The van der Waals surface area contributed by atoms with E-state index in [1.807, 2.05) is 24.3 Å². The largest absolute Gasteiger partial charge is 0.356 e. The highest BCUT2D eigenvalue weighted by Gasteiger charge is 2.16. The Morgan fingerprint density at radius 2 is 1.74 bits per heavy atom.